The molecule has 3 aromatic carbocycles. The Hall–Kier alpha value is -4.69. The van der Waals surface area contributed by atoms with Crippen LogP contribution in [0, 0.1) is 29.6 Å². The smallest absolute Gasteiger partial charge is 0.311 e. The third-order valence-corrected chi connectivity index (χ3v) is 20.7. The fraction of sp³-hybridized carbons (Fsp3) is 0.681. The van der Waals surface area contributed by atoms with Crippen LogP contribution in [0.1, 0.15) is 124 Å². The first-order valence-electron chi connectivity index (χ1n) is 32.6. The van der Waals surface area contributed by atoms with Crippen LogP contribution in [0.4, 0.5) is 10.1 Å². The van der Waals surface area contributed by atoms with Crippen molar-refractivity contribution in [1.29, 1.82) is 0 Å². The number of cyclic esters (lactones) is 1. The molecule has 1 aliphatic carbocycles. The van der Waals surface area contributed by atoms with Crippen LogP contribution in [-0.4, -0.2) is 216 Å². The number of halogens is 1. The highest BCUT2D eigenvalue weighted by Gasteiger charge is 2.57. The van der Waals surface area contributed by atoms with E-state index < -0.39 is 127 Å². The van der Waals surface area contributed by atoms with E-state index >= 15 is 4.39 Å². The summed E-state index contributed by atoms with van der Waals surface area (Å²) in [5.41, 5.74) is 7.85. The predicted molar refractivity (Wildman–Crippen MR) is 341 cm³/mol. The largest absolute Gasteiger partial charge is 0.459 e. The van der Waals surface area contributed by atoms with Gasteiger partial charge < -0.3 is 78.8 Å². The van der Waals surface area contributed by atoms with Gasteiger partial charge in [-0.3, -0.25) is 14.8 Å². The number of esters is 1. The van der Waals surface area contributed by atoms with E-state index in [0.717, 1.165) is 46.9 Å². The summed E-state index contributed by atoms with van der Waals surface area (Å²) in [5, 5.41) is 62.0. The van der Waals surface area contributed by atoms with E-state index in [-0.39, 0.29) is 31.2 Å². The van der Waals surface area contributed by atoms with E-state index in [1.807, 2.05) is 70.2 Å². The number of carbonyl (C=O) groups is 1. The molecule has 1 unspecified atom stereocenters. The number of likely N-dealkylation sites (N-methyl/N-ethyl adjacent to an activating group) is 2. The molecular formula is C69H104FN7O13. The zero-order valence-electron chi connectivity index (χ0n) is 55.4. The number of ether oxygens (including phenoxy) is 7. The van der Waals surface area contributed by atoms with Gasteiger partial charge in [-0.05, 0) is 105 Å². The number of benzene rings is 3. The van der Waals surface area contributed by atoms with Crippen LogP contribution >= 0.6 is 0 Å². The molecular weight excluding hydrogens is 1150 g/mol. The van der Waals surface area contributed by atoms with Gasteiger partial charge in [-0.2, -0.15) is 0 Å². The minimum absolute atomic E-state index is 0.0858. The summed E-state index contributed by atoms with van der Waals surface area (Å²) in [6.45, 7) is 19.6. The summed E-state index contributed by atoms with van der Waals surface area (Å²) in [7, 11) is 6.87. The molecule has 5 fully saturated rings. The molecule has 0 amide bonds. The summed E-state index contributed by atoms with van der Waals surface area (Å²) in [5.74, 6) is -1.92. The van der Waals surface area contributed by atoms with Gasteiger partial charge in [-0.1, -0.05) is 93.6 Å². The van der Waals surface area contributed by atoms with E-state index in [9.17, 15) is 30.3 Å². The monoisotopic (exact) mass is 1260 g/mol. The fourth-order valence-electron chi connectivity index (χ4n) is 15.0. The van der Waals surface area contributed by atoms with E-state index in [1.165, 1.54) is 14.0 Å². The molecule has 500 valence electrons. The average Bonchev–Trinajstić information content (AvgIpc) is 1.56. The Labute approximate surface area is 533 Å². The lowest BCUT2D eigenvalue weighted by Gasteiger charge is -2.49. The fourth-order valence-corrected chi connectivity index (χ4v) is 15.0. The van der Waals surface area contributed by atoms with Gasteiger partial charge in [0.15, 0.2) is 12.6 Å². The van der Waals surface area contributed by atoms with Crippen LogP contribution in [0.2, 0.25) is 0 Å². The standard InChI is InChI=1S/C69H104FN7O13/c1-15-55-69(10,83)62(79)44(6)75(12)36-40(2)33-67(8,82)64(42(4)60(43(5)65(81)88-55)89-56-34-68(9,85-14)63(80)45(7)87-56)90-66-59(78)53(32-41(3)86-66)74(11)31-30-49-37-77(73-72-49)54(35-70)61(84-13)48-26-28-50(29-27-48)76-38-51-52(39-76)58(51)71-57(46-22-18-16-19-23-46)47-24-20-17-21-25-47/h16-29,37,40-45,51-56,58-64,66,72-73,78-80,82-83H,15,30-36,38-39H2,1-14H3/t40-,41-,42+,43-,44-,45+,51-,52+,53+,54-,55-,56+,58?,59-,60+,61-,62-,63+,64-,66+,67-,68-,69-/m1/s1. The van der Waals surface area contributed by atoms with Gasteiger partial charge in [-0.25, -0.2) is 4.39 Å². The number of hydrogen-bond acceptors (Lipinski definition) is 20. The minimum Gasteiger partial charge on any atom is -0.459 e. The van der Waals surface area contributed by atoms with Gasteiger partial charge in [-0.15, -0.1) is 5.53 Å². The SMILES string of the molecule is CC[C@H]1OC(=O)[C@H](C)[C@@H](O[C@H]2C[C@@](C)(OC)[C@@H](O)[C@H](C)O2)[C@H](C)[C@@H](O[C@@H]2O[C@H](C)C[C@H](N(C)CCC3=CN([C@H](CF)[C@H](OC)c4ccc(N5C[C@@H]6C(N=C(c7ccccc7)c7ccccc7)[C@@H]6C5)cc4)NN3)[C@H]2O)[C@](C)(O)C[C@@H](C)CN(C)[C@H](C)[C@@H](O)[C@]1(C)O. The van der Waals surface area contributed by atoms with Crippen LogP contribution < -0.4 is 15.9 Å². The van der Waals surface area contributed by atoms with Crippen molar-refractivity contribution in [2.24, 2.45) is 34.6 Å². The highest BCUT2D eigenvalue weighted by atomic mass is 19.1. The normalized spacial score (nSPS) is 38.7. The zero-order valence-corrected chi connectivity index (χ0v) is 55.4. The highest BCUT2D eigenvalue weighted by Crippen LogP contribution is 2.50. The molecule has 20 nitrogen and oxygen atoms in total. The first-order valence-corrected chi connectivity index (χ1v) is 32.6. The molecule has 90 heavy (non-hydrogen) atoms. The molecule has 5 aliphatic heterocycles. The minimum atomic E-state index is -1.86. The molecule has 6 aliphatic rings. The number of carbonyl (C=O) groups excluding carboxylic acids is 1. The van der Waals surface area contributed by atoms with Crippen molar-refractivity contribution in [3.63, 3.8) is 0 Å². The maximum Gasteiger partial charge on any atom is 0.311 e. The quantitative estimate of drug-likeness (QED) is 0.0500. The number of piperidine rings is 1. The molecule has 21 heteroatoms. The Balaban J connectivity index is 0.872. The molecule has 5 heterocycles. The number of nitrogens with zero attached hydrogens (tertiary/aromatic N) is 5. The number of aliphatic hydroxyl groups excluding tert-OH is 3. The topological polar surface area (TPSA) is 232 Å². The summed E-state index contributed by atoms with van der Waals surface area (Å²) in [6.07, 6.45) is -7.67. The van der Waals surface area contributed by atoms with Crippen LogP contribution in [0.3, 0.4) is 0 Å². The zero-order chi connectivity index (χ0) is 65.1. The first kappa shape index (κ1) is 69.6. The molecule has 0 aromatic heterocycles. The van der Waals surface area contributed by atoms with Gasteiger partial charge in [0.25, 0.3) is 0 Å². The lowest BCUT2D eigenvalue weighted by atomic mass is 9.77. The summed E-state index contributed by atoms with van der Waals surface area (Å²) >= 11 is 0. The number of hydrazine groups is 2. The van der Waals surface area contributed by atoms with Crippen molar-refractivity contribution in [2.75, 3.05) is 66.1 Å². The Morgan fingerprint density at radius 1 is 0.856 bits per heavy atom. The third-order valence-electron chi connectivity index (χ3n) is 20.7. The van der Waals surface area contributed by atoms with E-state index in [2.05, 4.69) is 81.4 Å². The number of hydrogen-bond donors (Lipinski definition) is 7. The molecule has 0 spiro atoms. The lowest BCUT2D eigenvalue weighted by molar-refractivity contribution is -0.318. The van der Waals surface area contributed by atoms with E-state index in [4.69, 9.17) is 38.2 Å². The molecule has 9 rings (SSSR count). The second kappa shape index (κ2) is 29.3. The maximum atomic E-state index is 15.3. The second-order valence-electron chi connectivity index (χ2n) is 27.6. The van der Waals surface area contributed by atoms with Crippen LogP contribution in [0.25, 0.3) is 0 Å². The van der Waals surface area contributed by atoms with Gasteiger partial charge in [0, 0.05) is 112 Å². The van der Waals surface area contributed by atoms with Crippen molar-refractivity contribution >= 4 is 17.4 Å². The summed E-state index contributed by atoms with van der Waals surface area (Å²) in [4.78, 5) is 26.4. The molecule has 23 atom stereocenters. The van der Waals surface area contributed by atoms with Crippen LogP contribution in [0.15, 0.2) is 102 Å². The number of rotatable bonds is 19. The van der Waals surface area contributed by atoms with Gasteiger partial charge >= 0.3 is 5.97 Å². The molecule has 7 N–H and O–H groups in total. The van der Waals surface area contributed by atoms with E-state index in [1.54, 1.807) is 53.7 Å². The molecule has 0 bridgehead atoms. The number of fused-ring (bicyclic) bond motifs is 1. The molecule has 4 saturated heterocycles. The third kappa shape index (κ3) is 15.3. The van der Waals surface area contributed by atoms with Crippen molar-refractivity contribution in [2.45, 2.75) is 210 Å². The van der Waals surface area contributed by atoms with Gasteiger partial charge in [0.2, 0.25) is 0 Å². The number of methoxy groups -OCH3 is 2. The Morgan fingerprint density at radius 2 is 1.49 bits per heavy atom. The number of aliphatic imine (C=N–C) groups is 1. The van der Waals surface area contributed by atoms with Crippen molar-refractivity contribution in [3.05, 3.63) is 114 Å². The lowest BCUT2D eigenvalue weighted by Crippen LogP contribution is -2.61. The first-order chi connectivity index (χ1) is 42.7. The molecule has 0 radical (unpaired) electrons. The number of aliphatic hydroxyl groups is 5. The highest BCUT2D eigenvalue weighted by molar-refractivity contribution is 6.13. The second-order valence-corrected chi connectivity index (χ2v) is 27.6. The van der Waals surface area contributed by atoms with Gasteiger partial charge in [0.1, 0.15) is 48.8 Å². The summed E-state index contributed by atoms with van der Waals surface area (Å²) in [6, 6.07) is 27.6. The Bertz CT molecular complexity index is 2810. The Kier molecular flexibility index (Phi) is 22.7. The van der Waals surface area contributed by atoms with Crippen LogP contribution in [0.5, 0.6) is 0 Å². The predicted octanol–water partition coefficient (Wildman–Crippen LogP) is 6.53. The Morgan fingerprint density at radius 3 is 2.08 bits per heavy atom. The number of anilines is 1. The van der Waals surface area contributed by atoms with Crippen molar-refractivity contribution < 1.29 is 67.9 Å². The molecule has 1 saturated carbocycles. The maximum absolute atomic E-state index is 15.3. The number of nitrogens with one attached hydrogen (secondary N) is 2. The average molecular weight is 1260 g/mol. The van der Waals surface area contributed by atoms with E-state index in [0.29, 0.717) is 37.8 Å². The number of alkyl halides is 1. The molecule has 3 aromatic rings. The van der Waals surface area contributed by atoms with Crippen LogP contribution in [-0.2, 0) is 38.0 Å². The van der Waals surface area contributed by atoms with Gasteiger partial charge in [0.05, 0.1) is 53.3 Å². The van der Waals surface area contributed by atoms with Crippen molar-refractivity contribution in [3.8, 4) is 0 Å². The summed E-state index contributed by atoms with van der Waals surface area (Å²) < 4.78 is 60.0. The van der Waals surface area contributed by atoms with Crippen molar-refractivity contribution in [1.82, 2.24) is 25.8 Å².